The quantitative estimate of drug-likeness (QED) is 0.827. The summed E-state index contributed by atoms with van der Waals surface area (Å²) < 4.78 is 5.99. The van der Waals surface area contributed by atoms with Gasteiger partial charge in [0.05, 0.1) is 23.4 Å². The first-order valence-corrected chi connectivity index (χ1v) is 7.06. The van der Waals surface area contributed by atoms with Gasteiger partial charge in [-0.2, -0.15) is 0 Å². The first kappa shape index (κ1) is 14.2. The normalized spacial score (nSPS) is 10.5. The predicted octanol–water partition coefficient (Wildman–Crippen LogP) is 4.36. The lowest BCUT2D eigenvalue weighted by molar-refractivity contribution is 0.0741. The van der Waals surface area contributed by atoms with Crippen molar-refractivity contribution in [1.82, 2.24) is 4.90 Å². The molecule has 0 N–H and O–H groups in total. The molecule has 0 fully saturated rings. The van der Waals surface area contributed by atoms with Crippen LogP contribution in [0.3, 0.4) is 0 Å². The molecule has 0 saturated heterocycles. The van der Waals surface area contributed by atoms with Gasteiger partial charge in [-0.15, -0.1) is 0 Å². The highest BCUT2D eigenvalue weighted by Gasteiger charge is 2.19. The summed E-state index contributed by atoms with van der Waals surface area (Å²) in [5.41, 5.74) is 0.490. The number of hydrogen-bond acceptors (Lipinski definition) is 2. The maximum Gasteiger partial charge on any atom is 0.255 e. The van der Waals surface area contributed by atoms with Crippen LogP contribution in [0.4, 0.5) is 0 Å². The molecule has 19 heavy (non-hydrogen) atoms. The first-order chi connectivity index (χ1) is 9.13. The van der Waals surface area contributed by atoms with Gasteiger partial charge in [0, 0.05) is 11.0 Å². The van der Waals surface area contributed by atoms with Crippen LogP contribution in [-0.4, -0.2) is 17.4 Å². The van der Waals surface area contributed by atoms with Crippen molar-refractivity contribution in [3.63, 3.8) is 0 Å². The number of rotatable bonds is 4. The molecule has 2 rings (SSSR count). The van der Waals surface area contributed by atoms with Gasteiger partial charge in [-0.1, -0.05) is 17.7 Å². The third kappa shape index (κ3) is 3.19. The minimum Gasteiger partial charge on any atom is -0.467 e. The smallest absolute Gasteiger partial charge is 0.255 e. The van der Waals surface area contributed by atoms with Crippen molar-refractivity contribution >= 4 is 33.4 Å². The molecule has 0 radical (unpaired) electrons. The summed E-state index contributed by atoms with van der Waals surface area (Å²) in [4.78, 5) is 14.1. The van der Waals surface area contributed by atoms with Crippen LogP contribution in [-0.2, 0) is 6.54 Å². The summed E-state index contributed by atoms with van der Waals surface area (Å²) in [6.07, 6.45) is 1.60. The zero-order valence-electron chi connectivity index (χ0n) is 10.4. The number of nitrogens with zero attached hydrogens (tertiary/aromatic N) is 1. The van der Waals surface area contributed by atoms with Gasteiger partial charge in [-0.05, 0) is 47.1 Å². The number of halogens is 2. The van der Waals surface area contributed by atoms with Crippen molar-refractivity contribution in [2.24, 2.45) is 0 Å². The summed E-state index contributed by atoms with van der Waals surface area (Å²) in [6, 6.07) is 8.98. The molecule has 3 nitrogen and oxygen atoms in total. The Balaban J connectivity index is 2.23. The van der Waals surface area contributed by atoms with E-state index in [1.54, 1.807) is 29.4 Å². The average molecular weight is 343 g/mol. The van der Waals surface area contributed by atoms with E-state index < -0.39 is 0 Å². The molecular formula is C14H13BrClNO2. The molecule has 1 heterocycles. The molecule has 1 aromatic carbocycles. The Hall–Kier alpha value is -1.26. The predicted molar refractivity (Wildman–Crippen MR) is 78.3 cm³/mol. The molecule has 0 saturated carbocycles. The van der Waals surface area contributed by atoms with E-state index in [4.69, 9.17) is 16.0 Å². The number of hydrogen-bond donors (Lipinski definition) is 0. The van der Waals surface area contributed by atoms with Crippen molar-refractivity contribution < 1.29 is 9.21 Å². The monoisotopic (exact) mass is 341 g/mol. The van der Waals surface area contributed by atoms with E-state index >= 15 is 0 Å². The maximum atomic E-state index is 12.5. The van der Waals surface area contributed by atoms with E-state index in [2.05, 4.69) is 15.9 Å². The SMILES string of the molecule is CCN(Cc1ccco1)C(=O)c1cccc(Br)c1Cl. The van der Waals surface area contributed by atoms with Crippen molar-refractivity contribution in [3.05, 3.63) is 57.4 Å². The molecule has 0 spiro atoms. The van der Waals surface area contributed by atoms with Gasteiger partial charge in [0.2, 0.25) is 0 Å². The van der Waals surface area contributed by atoms with Crippen molar-refractivity contribution in [1.29, 1.82) is 0 Å². The molecule has 0 aliphatic carbocycles. The molecule has 5 heteroatoms. The van der Waals surface area contributed by atoms with Crippen molar-refractivity contribution in [2.75, 3.05) is 6.54 Å². The topological polar surface area (TPSA) is 33.5 Å². The lowest BCUT2D eigenvalue weighted by Gasteiger charge is -2.20. The standard InChI is InChI=1S/C14H13BrClNO2/c1-2-17(9-10-5-4-8-19-10)14(18)11-6-3-7-12(15)13(11)16/h3-8H,2,9H2,1H3. The lowest BCUT2D eigenvalue weighted by Crippen LogP contribution is -2.30. The summed E-state index contributed by atoms with van der Waals surface area (Å²) >= 11 is 9.48. The van der Waals surface area contributed by atoms with Gasteiger partial charge in [-0.25, -0.2) is 0 Å². The van der Waals surface area contributed by atoms with E-state index in [1.165, 1.54) is 0 Å². The zero-order valence-corrected chi connectivity index (χ0v) is 12.7. The Labute approximate surface area is 125 Å². The van der Waals surface area contributed by atoms with E-state index in [0.717, 1.165) is 5.76 Å². The van der Waals surface area contributed by atoms with Gasteiger partial charge >= 0.3 is 0 Å². The van der Waals surface area contributed by atoms with E-state index in [-0.39, 0.29) is 5.91 Å². The highest BCUT2D eigenvalue weighted by Crippen LogP contribution is 2.27. The fourth-order valence-electron chi connectivity index (χ4n) is 1.76. The number of furan rings is 1. The molecule has 0 atom stereocenters. The minimum atomic E-state index is -0.106. The molecule has 100 valence electrons. The molecule has 0 unspecified atom stereocenters. The minimum absolute atomic E-state index is 0.106. The molecule has 0 aliphatic rings. The molecular weight excluding hydrogens is 330 g/mol. The third-order valence-corrected chi connectivity index (χ3v) is 4.07. The van der Waals surface area contributed by atoms with E-state index in [1.807, 2.05) is 19.1 Å². The van der Waals surface area contributed by atoms with Gasteiger partial charge in [0.15, 0.2) is 0 Å². The highest BCUT2D eigenvalue weighted by molar-refractivity contribution is 9.10. The summed E-state index contributed by atoms with van der Waals surface area (Å²) in [7, 11) is 0. The van der Waals surface area contributed by atoms with E-state index in [9.17, 15) is 4.79 Å². The molecule has 0 bridgehead atoms. The Morgan fingerprint density at radius 3 is 2.79 bits per heavy atom. The number of benzene rings is 1. The second-order valence-electron chi connectivity index (χ2n) is 4.00. The van der Waals surface area contributed by atoms with Crippen LogP contribution in [0.2, 0.25) is 5.02 Å². The molecule has 0 aliphatic heterocycles. The largest absolute Gasteiger partial charge is 0.467 e. The Bertz CT molecular complexity index is 569. The number of carbonyl (C=O) groups is 1. The molecule has 1 aromatic heterocycles. The summed E-state index contributed by atoms with van der Waals surface area (Å²) in [5.74, 6) is 0.645. The Morgan fingerprint density at radius 2 is 2.16 bits per heavy atom. The van der Waals surface area contributed by atoms with Crippen LogP contribution >= 0.6 is 27.5 Å². The van der Waals surface area contributed by atoms with Crippen molar-refractivity contribution in [2.45, 2.75) is 13.5 Å². The third-order valence-electron chi connectivity index (χ3n) is 2.78. The fraction of sp³-hybridized carbons (Fsp3) is 0.214. The summed E-state index contributed by atoms with van der Waals surface area (Å²) in [6.45, 7) is 2.94. The second-order valence-corrected chi connectivity index (χ2v) is 5.23. The number of carbonyl (C=O) groups excluding carboxylic acids is 1. The molecule has 1 amide bonds. The first-order valence-electron chi connectivity index (χ1n) is 5.89. The van der Waals surface area contributed by atoms with Crippen LogP contribution < -0.4 is 0 Å². The van der Waals surface area contributed by atoms with Crippen LogP contribution in [0, 0.1) is 0 Å². The van der Waals surface area contributed by atoms with Gasteiger partial charge < -0.3 is 9.32 Å². The van der Waals surface area contributed by atoms with Crippen LogP contribution in [0.1, 0.15) is 23.0 Å². The Morgan fingerprint density at radius 1 is 1.37 bits per heavy atom. The van der Waals surface area contributed by atoms with Crippen molar-refractivity contribution in [3.8, 4) is 0 Å². The Kier molecular flexibility index (Phi) is 4.66. The van der Waals surface area contributed by atoms with E-state index in [0.29, 0.717) is 28.1 Å². The maximum absolute atomic E-state index is 12.5. The average Bonchev–Trinajstić information content (AvgIpc) is 2.91. The lowest BCUT2D eigenvalue weighted by atomic mass is 10.2. The second kappa shape index (κ2) is 6.26. The van der Waals surface area contributed by atoms with Crippen LogP contribution in [0.25, 0.3) is 0 Å². The van der Waals surface area contributed by atoms with Gasteiger partial charge in [0.25, 0.3) is 5.91 Å². The fourth-order valence-corrected chi connectivity index (χ4v) is 2.33. The highest BCUT2D eigenvalue weighted by atomic mass is 79.9. The number of amides is 1. The van der Waals surface area contributed by atoms with Crippen LogP contribution in [0.5, 0.6) is 0 Å². The molecule has 2 aromatic rings. The van der Waals surface area contributed by atoms with Gasteiger partial charge in [-0.3, -0.25) is 4.79 Å². The summed E-state index contributed by atoms with van der Waals surface area (Å²) in [5, 5.41) is 0.436. The van der Waals surface area contributed by atoms with Crippen LogP contribution in [0.15, 0.2) is 45.5 Å². The van der Waals surface area contributed by atoms with Gasteiger partial charge in [0.1, 0.15) is 5.76 Å². The zero-order chi connectivity index (χ0) is 13.8.